The van der Waals surface area contributed by atoms with Crippen molar-refractivity contribution in [3.8, 4) is 27.9 Å². The molecule has 5 N–H and O–H groups in total. The lowest BCUT2D eigenvalue weighted by Crippen LogP contribution is -2.41. The van der Waals surface area contributed by atoms with E-state index in [1.807, 2.05) is 6.07 Å². The summed E-state index contributed by atoms with van der Waals surface area (Å²) in [7, 11) is 0. The highest BCUT2D eigenvalue weighted by molar-refractivity contribution is 7.21. The minimum atomic E-state index is -4.89. The van der Waals surface area contributed by atoms with Crippen molar-refractivity contribution in [2.75, 3.05) is 11.5 Å². The predicted octanol–water partition coefficient (Wildman–Crippen LogP) is 3.75. The number of H-pyrrole nitrogens is 1. The van der Waals surface area contributed by atoms with Crippen LogP contribution in [0.5, 0.6) is 5.75 Å². The first-order valence-corrected chi connectivity index (χ1v) is 11.8. The molecule has 10 nitrogen and oxygen atoms in total. The number of aromatic amines is 1. The first-order chi connectivity index (χ1) is 17.6. The van der Waals surface area contributed by atoms with Crippen molar-refractivity contribution in [2.24, 2.45) is 0 Å². The number of benzene rings is 1. The van der Waals surface area contributed by atoms with Gasteiger partial charge in [0.25, 0.3) is 5.78 Å². The monoisotopic (exact) mass is 545 g/mol. The zero-order chi connectivity index (χ0) is 26.5. The van der Waals surface area contributed by atoms with Gasteiger partial charge in [0, 0.05) is 28.0 Å². The number of carbonyl (C=O) groups excluding carboxylic acids is 1. The third-order valence-electron chi connectivity index (χ3n) is 5.18. The molecule has 0 saturated heterocycles. The topological polar surface area (TPSA) is 165 Å². The summed E-state index contributed by atoms with van der Waals surface area (Å²) in [4.78, 5) is 31.2. The lowest BCUT2D eigenvalue weighted by molar-refractivity contribution is -0.672. The van der Waals surface area contributed by atoms with Crippen molar-refractivity contribution in [1.82, 2.24) is 10.3 Å². The van der Waals surface area contributed by atoms with Gasteiger partial charge in [-0.25, -0.2) is 9.78 Å². The summed E-state index contributed by atoms with van der Waals surface area (Å²) in [6, 6.07) is 9.95. The van der Waals surface area contributed by atoms with Gasteiger partial charge in [0.05, 0.1) is 5.69 Å². The van der Waals surface area contributed by atoms with Crippen LogP contribution in [0.4, 0.5) is 24.7 Å². The van der Waals surface area contributed by atoms with Gasteiger partial charge >= 0.3 is 17.7 Å². The van der Waals surface area contributed by atoms with E-state index >= 15 is 0 Å². The van der Waals surface area contributed by atoms with Gasteiger partial charge in [-0.1, -0.05) is 6.07 Å². The number of ether oxygens (including phenoxy) is 1. The Kier molecular flexibility index (Phi) is 5.69. The smallest absolute Gasteiger partial charge is 0.406 e. The Morgan fingerprint density at radius 2 is 1.95 bits per heavy atom. The van der Waals surface area contributed by atoms with Gasteiger partial charge in [0.15, 0.2) is 0 Å². The number of aromatic nitrogens is 3. The molecule has 1 aromatic carbocycles. The van der Waals surface area contributed by atoms with E-state index in [0.29, 0.717) is 15.8 Å². The molecule has 37 heavy (non-hydrogen) atoms. The highest BCUT2D eigenvalue weighted by Crippen LogP contribution is 2.44. The normalized spacial score (nSPS) is 11.5. The number of nitriles is 1. The summed E-state index contributed by atoms with van der Waals surface area (Å²) < 4.78 is 47.0. The number of carbonyl (C=O) groups is 1. The van der Waals surface area contributed by atoms with E-state index in [2.05, 4.69) is 15.0 Å². The molecule has 4 aromatic heterocycles. The van der Waals surface area contributed by atoms with Gasteiger partial charge in [-0.15, -0.1) is 35.8 Å². The molecule has 4 heterocycles. The standard InChI is InChI=1S/C22H11F3N6O4S2/c23-22(24,25)34-10-5-3-9(4-6-10)31-16(21(33)35-30-31)17(32)18-15(27)14-13(12-2-1-7-36-12)11(8-26)19(28)29-20(14)37-18/h1-7H,(H4-,27,28,29,30,32,33)/p+1. The van der Waals surface area contributed by atoms with Crippen molar-refractivity contribution in [3.05, 3.63) is 68.3 Å². The zero-order valence-electron chi connectivity index (χ0n) is 18.1. The number of thiophene rings is 2. The summed E-state index contributed by atoms with van der Waals surface area (Å²) >= 11 is 2.21. The number of rotatable bonds is 5. The number of alkyl halides is 3. The van der Waals surface area contributed by atoms with Gasteiger partial charge in [-0.2, -0.15) is 5.26 Å². The van der Waals surface area contributed by atoms with E-state index in [-0.39, 0.29) is 32.5 Å². The summed E-state index contributed by atoms with van der Waals surface area (Å²) in [5.74, 6) is -1.38. The van der Waals surface area contributed by atoms with Crippen molar-refractivity contribution in [3.63, 3.8) is 0 Å². The van der Waals surface area contributed by atoms with Crippen LogP contribution in [0, 0.1) is 11.3 Å². The van der Waals surface area contributed by atoms with Gasteiger partial charge in [0.2, 0.25) is 5.69 Å². The van der Waals surface area contributed by atoms with Crippen molar-refractivity contribution >= 4 is 50.2 Å². The van der Waals surface area contributed by atoms with Crippen LogP contribution in [-0.2, 0) is 0 Å². The maximum absolute atomic E-state index is 13.5. The number of ketones is 1. The lowest BCUT2D eigenvalue weighted by atomic mass is 10.0. The molecule has 0 saturated carbocycles. The average molecular weight is 546 g/mol. The number of nitrogens with one attached hydrogen (secondary N) is 1. The molecule has 0 aliphatic heterocycles. The minimum Gasteiger partial charge on any atom is -0.406 e. The van der Waals surface area contributed by atoms with Crippen LogP contribution >= 0.6 is 22.7 Å². The number of hydrogen-bond acceptors (Lipinski definition) is 10. The van der Waals surface area contributed by atoms with Crippen LogP contribution < -0.4 is 26.5 Å². The number of nitrogens with zero attached hydrogens (tertiary/aromatic N) is 3. The number of pyridine rings is 1. The molecule has 0 bridgehead atoms. The Morgan fingerprint density at radius 1 is 1.22 bits per heavy atom. The second-order valence-corrected chi connectivity index (χ2v) is 9.34. The van der Waals surface area contributed by atoms with E-state index in [1.54, 1.807) is 17.5 Å². The SMILES string of the molecule is N#Cc1c(N)nc2sc(C(=O)c3c(=O)o[nH][n+]3-c3ccc(OC(F)(F)F)cc3)c(N)c2c1-c1cccs1. The van der Waals surface area contributed by atoms with Gasteiger partial charge in [-0.3, -0.25) is 9.32 Å². The second-order valence-electron chi connectivity index (χ2n) is 7.40. The second kappa shape index (κ2) is 8.76. The van der Waals surface area contributed by atoms with Gasteiger partial charge in [-0.05, 0) is 33.5 Å². The van der Waals surface area contributed by atoms with Crippen LogP contribution in [0.15, 0.2) is 51.1 Å². The molecule has 5 aromatic rings. The summed E-state index contributed by atoms with van der Waals surface area (Å²) in [6.45, 7) is 0. The Hall–Kier alpha value is -4.68. The third-order valence-corrected chi connectivity index (χ3v) is 7.17. The molecule has 0 aliphatic carbocycles. The fourth-order valence-electron chi connectivity index (χ4n) is 3.67. The predicted molar refractivity (Wildman–Crippen MR) is 127 cm³/mol. The molecule has 5 rings (SSSR count). The van der Waals surface area contributed by atoms with Crippen LogP contribution in [0.3, 0.4) is 0 Å². The molecule has 0 fully saturated rings. The number of nitrogen functional groups attached to an aromatic ring is 2. The highest BCUT2D eigenvalue weighted by Gasteiger charge is 2.36. The summed E-state index contributed by atoms with van der Waals surface area (Å²) in [5.41, 5.74) is 11.5. The van der Waals surface area contributed by atoms with Crippen molar-refractivity contribution in [1.29, 1.82) is 5.26 Å². The molecule has 0 spiro atoms. The average Bonchev–Trinajstić information content (AvgIpc) is 3.57. The molecule has 0 atom stereocenters. The number of nitrogens with two attached hydrogens (primary N) is 2. The molecular weight excluding hydrogens is 533 g/mol. The maximum Gasteiger partial charge on any atom is 0.573 e. The molecule has 0 unspecified atom stereocenters. The molecular formula is C22H12F3N6O4S2+. The van der Waals surface area contributed by atoms with Gasteiger partial charge in [0.1, 0.15) is 32.9 Å². The van der Waals surface area contributed by atoms with Crippen LogP contribution in [0.2, 0.25) is 0 Å². The lowest BCUT2D eigenvalue weighted by Gasteiger charge is -2.07. The van der Waals surface area contributed by atoms with Crippen LogP contribution in [-0.4, -0.2) is 22.4 Å². The van der Waals surface area contributed by atoms with Crippen LogP contribution in [0.1, 0.15) is 20.9 Å². The number of hydrogen-bond donors (Lipinski definition) is 3. The Bertz CT molecular complexity index is 1760. The van der Waals surface area contributed by atoms with E-state index in [9.17, 15) is 28.0 Å². The number of halogens is 3. The molecule has 186 valence electrons. The Morgan fingerprint density at radius 3 is 2.57 bits per heavy atom. The quantitative estimate of drug-likeness (QED) is 0.222. The highest BCUT2D eigenvalue weighted by atomic mass is 32.1. The molecule has 15 heteroatoms. The summed E-state index contributed by atoms with van der Waals surface area (Å²) in [6.07, 6.45) is -4.89. The van der Waals surface area contributed by atoms with Crippen molar-refractivity contribution in [2.45, 2.75) is 6.36 Å². The first-order valence-electron chi connectivity index (χ1n) is 10.1. The Balaban J connectivity index is 1.64. The maximum atomic E-state index is 13.5. The Labute approximate surface area is 211 Å². The van der Waals surface area contributed by atoms with E-state index < -0.39 is 29.2 Å². The van der Waals surface area contributed by atoms with Gasteiger partial charge < -0.3 is 16.2 Å². The molecule has 0 amide bonds. The number of anilines is 2. The van der Waals surface area contributed by atoms with E-state index in [1.165, 1.54) is 23.5 Å². The number of fused-ring (bicyclic) bond motifs is 1. The summed E-state index contributed by atoms with van der Waals surface area (Å²) in [5, 5.41) is 14.1. The zero-order valence-corrected chi connectivity index (χ0v) is 19.8. The largest absolute Gasteiger partial charge is 0.573 e. The van der Waals surface area contributed by atoms with E-state index in [0.717, 1.165) is 28.2 Å². The third kappa shape index (κ3) is 4.17. The molecule has 0 aliphatic rings. The fourth-order valence-corrected chi connectivity index (χ4v) is 5.51. The van der Waals surface area contributed by atoms with Crippen molar-refractivity contribution < 1.29 is 31.9 Å². The minimum absolute atomic E-state index is 0.0153. The molecule has 0 radical (unpaired) electrons. The first kappa shape index (κ1) is 24.0. The van der Waals surface area contributed by atoms with E-state index in [4.69, 9.17) is 16.0 Å². The van der Waals surface area contributed by atoms with Crippen LogP contribution in [0.25, 0.3) is 26.3 Å². The fraction of sp³-hybridized carbons (Fsp3) is 0.0455.